The van der Waals surface area contributed by atoms with Crippen LogP contribution in [-0.2, 0) is 9.59 Å². The summed E-state index contributed by atoms with van der Waals surface area (Å²) in [5.41, 5.74) is 1.13. The maximum absolute atomic E-state index is 13.2. The number of carbonyl (C=O) groups excluding carboxylic acids is 2. The lowest BCUT2D eigenvalue weighted by atomic mass is 10.1. The maximum Gasteiger partial charge on any atom is 0.397 e. The topological polar surface area (TPSA) is 71.3 Å². The SMILES string of the molecule is CCN(C(=O)[C@H]1CC[C@@H](N(C)C(=O)CC(F)(F)F)C1)c1cn(-c2cccnc2)nc1Cl. The Morgan fingerprint density at radius 1 is 1.32 bits per heavy atom. The van der Waals surface area contributed by atoms with Crippen LogP contribution in [-0.4, -0.2) is 57.3 Å². The number of carbonyl (C=O) groups is 2. The van der Waals surface area contributed by atoms with E-state index in [2.05, 4.69) is 10.1 Å². The van der Waals surface area contributed by atoms with Crippen LogP contribution in [0.15, 0.2) is 30.7 Å². The Bertz CT molecular complexity index is 935. The number of hydrogen-bond acceptors (Lipinski definition) is 4. The Morgan fingerprint density at radius 2 is 2.06 bits per heavy atom. The lowest BCUT2D eigenvalue weighted by molar-refractivity contribution is -0.162. The van der Waals surface area contributed by atoms with Crippen molar-refractivity contribution >= 4 is 29.1 Å². The first-order chi connectivity index (χ1) is 14.6. The van der Waals surface area contributed by atoms with E-state index in [1.165, 1.54) is 16.6 Å². The largest absolute Gasteiger partial charge is 0.397 e. The van der Waals surface area contributed by atoms with E-state index >= 15 is 0 Å². The third-order valence-corrected chi connectivity index (χ3v) is 5.75. The van der Waals surface area contributed by atoms with Crippen LogP contribution in [0.25, 0.3) is 5.69 Å². The van der Waals surface area contributed by atoms with Crippen LogP contribution in [0.1, 0.15) is 32.6 Å². The van der Waals surface area contributed by atoms with Gasteiger partial charge in [0.15, 0.2) is 5.15 Å². The Balaban J connectivity index is 1.71. The molecule has 0 spiro atoms. The van der Waals surface area contributed by atoms with Gasteiger partial charge in [0.05, 0.1) is 18.1 Å². The molecule has 0 bridgehead atoms. The Hall–Kier alpha value is -2.62. The summed E-state index contributed by atoms with van der Waals surface area (Å²) in [6.07, 6.45) is 0.0990. The van der Waals surface area contributed by atoms with E-state index in [1.54, 1.807) is 37.6 Å². The van der Waals surface area contributed by atoms with Gasteiger partial charge >= 0.3 is 6.18 Å². The third-order valence-electron chi connectivity index (χ3n) is 5.48. The molecule has 0 radical (unpaired) electrons. The lowest BCUT2D eigenvalue weighted by Crippen LogP contribution is -2.39. The highest BCUT2D eigenvalue weighted by Crippen LogP contribution is 2.34. The smallest absolute Gasteiger partial charge is 0.342 e. The van der Waals surface area contributed by atoms with Crippen LogP contribution >= 0.6 is 11.6 Å². The van der Waals surface area contributed by atoms with Gasteiger partial charge < -0.3 is 9.80 Å². The molecule has 11 heteroatoms. The molecule has 3 rings (SSSR count). The molecule has 0 saturated heterocycles. The number of pyridine rings is 1. The molecular formula is C20H23ClF3N5O2. The molecule has 2 aromatic heterocycles. The Morgan fingerprint density at radius 3 is 2.68 bits per heavy atom. The monoisotopic (exact) mass is 457 g/mol. The van der Waals surface area contributed by atoms with E-state index in [1.807, 2.05) is 0 Å². The number of aromatic nitrogens is 3. The second-order valence-electron chi connectivity index (χ2n) is 7.50. The van der Waals surface area contributed by atoms with Crippen molar-refractivity contribution in [3.05, 3.63) is 35.9 Å². The number of rotatable bonds is 6. The van der Waals surface area contributed by atoms with Gasteiger partial charge in [-0.2, -0.15) is 18.3 Å². The molecule has 0 N–H and O–H groups in total. The zero-order valence-electron chi connectivity index (χ0n) is 17.1. The summed E-state index contributed by atoms with van der Waals surface area (Å²) in [4.78, 5) is 31.7. The predicted molar refractivity (Wildman–Crippen MR) is 109 cm³/mol. The van der Waals surface area contributed by atoms with E-state index in [4.69, 9.17) is 11.6 Å². The fraction of sp³-hybridized carbons (Fsp3) is 0.500. The average molecular weight is 458 g/mol. The van der Waals surface area contributed by atoms with Gasteiger partial charge in [-0.25, -0.2) is 4.68 Å². The standard InChI is InChI=1S/C20H23ClF3N5O2/c1-3-28(16-12-29(26-18(16)21)15-5-4-8-25-11-15)19(31)13-6-7-14(9-13)27(2)17(30)10-20(22,23)24/h4-5,8,11-14H,3,6-7,9-10H2,1-2H3/t13-,14+/m0/s1. The van der Waals surface area contributed by atoms with E-state index < -0.39 is 30.5 Å². The second kappa shape index (κ2) is 9.25. The first kappa shape index (κ1) is 23.1. The molecule has 2 amide bonds. The minimum atomic E-state index is -4.55. The number of halogens is 4. The molecule has 2 heterocycles. The number of amides is 2. The molecule has 7 nitrogen and oxygen atoms in total. The minimum absolute atomic E-state index is 0.158. The van der Waals surface area contributed by atoms with Gasteiger partial charge in [0.1, 0.15) is 12.1 Å². The molecule has 1 aliphatic rings. The van der Waals surface area contributed by atoms with Crippen molar-refractivity contribution in [2.24, 2.45) is 5.92 Å². The summed E-state index contributed by atoms with van der Waals surface area (Å²) < 4.78 is 39.1. The molecule has 1 saturated carbocycles. The highest BCUT2D eigenvalue weighted by molar-refractivity contribution is 6.32. The maximum atomic E-state index is 13.2. The van der Waals surface area contributed by atoms with Gasteiger partial charge in [-0.3, -0.25) is 14.6 Å². The van der Waals surface area contributed by atoms with Crippen LogP contribution in [0.5, 0.6) is 0 Å². The molecule has 31 heavy (non-hydrogen) atoms. The normalized spacial score (nSPS) is 18.8. The molecule has 0 aromatic carbocycles. The van der Waals surface area contributed by atoms with Crippen LogP contribution in [0, 0.1) is 5.92 Å². The highest BCUT2D eigenvalue weighted by Gasteiger charge is 2.39. The van der Waals surface area contributed by atoms with Gasteiger partial charge in [0, 0.05) is 31.7 Å². The first-order valence-corrected chi connectivity index (χ1v) is 10.3. The Kier molecular flexibility index (Phi) is 6.88. The van der Waals surface area contributed by atoms with Crippen molar-refractivity contribution in [3.63, 3.8) is 0 Å². The third kappa shape index (κ3) is 5.36. The van der Waals surface area contributed by atoms with Crippen molar-refractivity contribution in [3.8, 4) is 5.69 Å². The second-order valence-corrected chi connectivity index (χ2v) is 7.86. The van der Waals surface area contributed by atoms with Crippen molar-refractivity contribution in [1.82, 2.24) is 19.7 Å². The molecule has 2 atom stereocenters. The zero-order chi connectivity index (χ0) is 22.8. The highest BCUT2D eigenvalue weighted by atomic mass is 35.5. The molecule has 0 unspecified atom stereocenters. The van der Waals surface area contributed by atoms with Gasteiger partial charge in [-0.1, -0.05) is 11.6 Å². The molecule has 1 fully saturated rings. The summed E-state index contributed by atoms with van der Waals surface area (Å²) >= 11 is 6.30. The van der Waals surface area contributed by atoms with Crippen molar-refractivity contribution in [1.29, 1.82) is 0 Å². The number of nitrogens with zero attached hydrogens (tertiary/aromatic N) is 5. The average Bonchev–Trinajstić information content (AvgIpc) is 3.35. The number of anilines is 1. The van der Waals surface area contributed by atoms with Gasteiger partial charge in [-0.05, 0) is 38.3 Å². The van der Waals surface area contributed by atoms with Crippen LogP contribution in [0.4, 0.5) is 18.9 Å². The van der Waals surface area contributed by atoms with Gasteiger partial charge in [0.25, 0.3) is 0 Å². The molecule has 168 valence electrons. The zero-order valence-corrected chi connectivity index (χ0v) is 17.9. The summed E-state index contributed by atoms with van der Waals surface area (Å²) in [5.74, 6) is -1.59. The van der Waals surface area contributed by atoms with E-state index in [0.29, 0.717) is 37.2 Å². The molecule has 2 aromatic rings. The van der Waals surface area contributed by atoms with E-state index in [0.717, 1.165) is 4.90 Å². The molecule has 0 aliphatic heterocycles. The molecular weight excluding hydrogens is 435 g/mol. The summed E-state index contributed by atoms with van der Waals surface area (Å²) in [5, 5.41) is 4.41. The van der Waals surface area contributed by atoms with Crippen molar-refractivity contribution in [2.75, 3.05) is 18.5 Å². The first-order valence-electron chi connectivity index (χ1n) is 9.90. The van der Waals surface area contributed by atoms with Crippen molar-refractivity contribution < 1.29 is 22.8 Å². The van der Waals surface area contributed by atoms with E-state index in [-0.39, 0.29) is 11.1 Å². The fourth-order valence-corrected chi connectivity index (χ4v) is 4.08. The number of hydrogen-bond donors (Lipinski definition) is 0. The summed E-state index contributed by atoms with van der Waals surface area (Å²) in [6.45, 7) is 2.16. The minimum Gasteiger partial charge on any atom is -0.342 e. The van der Waals surface area contributed by atoms with Crippen LogP contribution in [0.3, 0.4) is 0 Å². The summed E-state index contributed by atoms with van der Waals surface area (Å²) in [7, 11) is 1.36. The molecule has 1 aliphatic carbocycles. The van der Waals surface area contributed by atoms with E-state index in [9.17, 15) is 22.8 Å². The van der Waals surface area contributed by atoms with Crippen LogP contribution in [0.2, 0.25) is 5.15 Å². The lowest BCUT2D eigenvalue weighted by Gasteiger charge is -2.26. The predicted octanol–water partition coefficient (Wildman–Crippen LogP) is 3.85. The fourth-order valence-electron chi connectivity index (χ4n) is 3.85. The van der Waals surface area contributed by atoms with Gasteiger partial charge in [-0.15, -0.1) is 0 Å². The van der Waals surface area contributed by atoms with Crippen molar-refractivity contribution in [2.45, 2.75) is 44.8 Å². The summed E-state index contributed by atoms with van der Waals surface area (Å²) in [6, 6.07) is 3.15. The Labute approximate surface area is 182 Å². The van der Waals surface area contributed by atoms with Crippen LogP contribution < -0.4 is 4.90 Å². The quantitative estimate of drug-likeness (QED) is 0.660. The van der Waals surface area contributed by atoms with Gasteiger partial charge in [0.2, 0.25) is 11.8 Å². The number of alkyl halides is 3.